The second kappa shape index (κ2) is 5.51. The van der Waals surface area contributed by atoms with Gasteiger partial charge in [0.15, 0.2) is 0 Å². The average Bonchev–Trinajstić information content (AvgIpc) is 2.35. The molecule has 2 aromatic rings. The molecule has 0 aromatic heterocycles. The van der Waals surface area contributed by atoms with Crippen molar-refractivity contribution in [1.29, 1.82) is 0 Å². The van der Waals surface area contributed by atoms with Crippen molar-refractivity contribution in [3.8, 4) is 11.1 Å². The van der Waals surface area contributed by atoms with E-state index in [1.807, 2.05) is 31.3 Å². The first-order chi connectivity index (χ1) is 8.63. The Morgan fingerprint density at radius 2 is 1.94 bits per heavy atom. The molecule has 1 nitrogen and oxygen atoms in total. The molecule has 0 saturated carbocycles. The predicted octanol–water partition coefficient (Wildman–Crippen LogP) is 4.17. The quantitative estimate of drug-likeness (QED) is 0.876. The fourth-order valence-corrected chi connectivity index (χ4v) is 2.22. The third kappa shape index (κ3) is 2.55. The van der Waals surface area contributed by atoms with E-state index in [1.165, 1.54) is 6.07 Å². The van der Waals surface area contributed by atoms with Crippen LogP contribution in [0.15, 0.2) is 36.4 Å². The molecule has 0 aliphatic heterocycles. The second-order valence-electron chi connectivity index (χ2n) is 4.24. The molecule has 18 heavy (non-hydrogen) atoms. The molecule has 1 N–H and O–H groups in total. The van der Waals surface area contributed by atoms with Gasteiger partial charge in [-0.3, -0.25) is 0 Å². The molecule has 0 aliphatic carbocycles. The predicted molar refractivity (Wildman–Crippen MR) is 74.3 cm³/mol. The van der Waals surface area contributed by atoms with Crippen LogP contribution in [0.4, 0.5) is 4.39 Å². The highest BCUT2D eigenvalue weighted by atomic mass is 35.5. The largest absolute Gasteiger partial charge is 0.316 e. The Kier molecular flexibility index (Phi) is 4.00. The van der Waals surface area contributed by atoms with E-state index in [2.05, 4.69) is 5.32 Å². The lowest BCUT2D eigenvalue weighted by atomic mass is 9.95. The van der Waals surface area contributed by atoms with Gasteiger partial charge < -0.3 is 5.32 Å². The van der Waals surface area contributed by atoms with Crippen molar-refractivity contribution in [3.63, 3.8) is 0 Å². The summed E-state index contributed by atoms with van der Waals surface area (Å²) in [6.07, 6.45) is 0. The molecular formula is C15H15ClFN. The molecule has 0 fully saturated rings. The Balaban J connectivity index is 2.61. The number of hydrogen-bond donors (Lipinski definition) is 1. The van der Waals surface area contributed by atoms with E-state index >= 15 is 0 Å². The van der Waals surface area contributed by atoms with Crippen molar-refractivity contribution in [3.05, 3.63) is 58.4 Å². The molecule has 0 unspecified atom stereocenters. The Morgan fingerprint density at radius 3 is 2.67 bits per heavy atom. The summed E-state index contributed by atoms with van der Waals surface area (Å²) in [7, 11) is 1.89. The molecule has 0 amide bonds. The third-order valence-corrected chi connectivity index (χ3v) is 3.23. The van der Waals surface area contributed by atoms with Crippen molar-refractivity contribution in [2.45, 2.75) is 13.5 Å². The molecule has 0 radical (unpaired) electrons. The van der Waals surface area contributed by atoms with Crippen LogP contribution in [0.2, 0.25) is 5.02 Å². The number of nitrogens with one attached hydrogen (secondary N) is 1. The normalized spacial score (nSPS) is 10.7. The highest BCUT2D eigenvalue weighted by molar-refractivity contribution is 6.30. The van der Waals surface area contributed by atoms with Crippen LogP contribution in [0.5, 0.6) is 0 Å². The van der Waals surface area contributed by atoms with Crippen LogP contribution < -0.4 is 5.32 Å². The summed E-state index contributed by atoms with van der Waals surface area (Å²) in [5.41, 5.74) is 3.63. The number of rotatable bonds is 3. The summed E-state index contributed by atoms with van der Waals surface area (Å²) in [5, 5.41) is 3.77. The molecule has 0 atom stereocenters. The van der Waals surface area contributed by atoms with Gasteiger partial charge in [-0.15, -0.1) is 0 Å². The maximum absolute atomic E-state index is 13.6. The SMILES string of the molecule is CNCc1ccc(Cl)cc1-c1cccc(F)c1C. The first-order valence-electron chi connectivity index (χ1n) is 5.82. The maximum atomic E-state index is 13.6. The molecular weight excluding hydrogens is 249 g/mol. The van der Waals surface area contributed by atoms with Gasteiger partial charge in [0.1, 0.15) is 5.82 Å². The first kappa shape index (κ1) is 13.1. The molecule has 0 spiro atoms. The van der Waals surface area contributed by atoms with Gasteiger partial charge in [-0.05, 0) is 54.4 Å². The third-order valence-electron chi connectivity index (χ3n) is 3.00. The molecule has 2 rings (SSSR count). The van der Waals surface area contributed by atoms with Crippen LogP contribution in [-0.2, 0) is 6.54 Å². The standard InChI is InChI=1S/C15H15ClFN/c1-10-13(4-3-5-15(10)17)14-8-12(16)7-6-11(14)9-18-2/h3-8,18H,9H2,1-2H3. The Labute approximate surface area is 112 Å². The van der Waals surface area contributed by atoms with E-state index in [-0.39, 0.29) is 5.82 Å². The van der Waals surface area contributed by atoms with Gasteiger partial charge in [0.25, 0.3) is 0 Å². The topological polar surface area (TPSA) is 12.0 Å². The first-order valence-corrected chi connectivity index (χ1v) is 6.20. The summed E-state index contributed by atoms with van der Waals surface area (Å²) >= 11 is 6.04. The van der Waals surface area contributed by atoms with Crippen LogP contribution in [0.3, 0.4) is 0 Å². The van der Waals surface area contributed by atoms with E-state index in [9.17, 15) is 4.39 Å². The van der Waals surface area contributed by atoms with Crippen molar-refractivity contribution in [1.82, 2.24) is 5.32 Å². The summed E-state index contributed by atoms with van der Waals surface area (Å²) in [4.78, 5) is 0. The Bertz CT molecular complexity index is 566. The zero-order chi connectivity index (χ0) is 13.1. The van der Waals surface area contributed by atoms with Crippen molar-refractivity contribution in [2.75, 3.05) is 7.05 Å². The maximum Gasteiger partial charge on any atom is 0.126 e. The molecule has 0 bridgehead atoms. The smallest absolute Gasteiger partial charge is 0.126 e. The van der Waals surface area contributed by atoms with Crippen molar-refractivity contribution < 1.29 is 4.39 Å². The molecule has 3 heteroatoms. The molecule has 94 valence electrons. The number of halogens is 2. The fourth-order valence-electron chi connectivity index (χ4n) is 2.04. The zero-order valence-corrected chi connectivity index (χ0v) is 11.2. The minimum atomic E-state index is -0.192. The lowest BCUT2D eigenvalue weighted by molar-refractivity contribution is 0.619. The van der Waals surface area contributed by atoms with E-state index < -0.39 is 0 Å². The van der Waals surface area contributed by atoms with Crippen molar-refractivity contribution in [2.24, 2.45) is 0 Å². The van der Waals surface area contributed by atoms with Crippen molar-refractivity contribution >= 4 is 11.6 Å². The van der Waals surface area contributed by atoms with Crippen LogP contribution >= 0.6 is 11.6 Å². The number of benzene rings is 2. The summed E-state index contributed by atoms with van der Waals surface area (Å²) in [6.45, 7) is 2.51. The molecule has 0 saturated heterocycles. The minimum absolute atomic E-state index is 0.192. The highest BCUT2D eigenvalue weighted by Gasteiger charge is 2.10. The Morgan fingerprint density at radius 1 is 1.17 bits per heavy atom. The molecule has 0 heterocycles. The summed E-state index contributed by atoms with van der Waals surface area (Å²) < 4.78 is 13.6. The monoisotopic (exact) mass is 263 g/mol. The van der Waals surface area contributed by atoms with E-state index in [4.69, 9.17) is 11.6 Å². The van der Waals surface area contributed by atoms with Gasteiger partial charge in [0.2, 0.25) is 0 Å². The van der Waals surface area contributed by atoms with Gasteiger partial charge in [-0.25, -0.2) is 4.39 Å². The van der Waals surface area contributed by atoms with Gasteiger partial charge in [-0.1, -0.05) is 29.8 Å². The van der Waals surface area contributed by atoms with Crippen LogP contribution in [0.25, 0.3) is 11.1 Å². The van der Waals surface area contributed by atoms with E-state index in [0.717, 1.165) is 23.2 Å². The van der Waals surface area contributed by atoms with E-state index in [0.29, 0.717) is 10.6 Å². The van der Waals surface area contributed by atoms with Crippen LogP contribution in [0, 0.1) is 12.7 Å². The molecule has 2 aromatic carbocycles. The van der Waals surface area contributed by atoms with Gasteiger partial charge in [0, 0.05) is 11.6 Å². The van der Waals surface area contributed by atoms with Gasteiger partial charge >= 0.3 is 0 Å². The van der Waals surface area contributed by atoms with E-state index in [1.54, 1.807) is 13.0 Å². The average molecular weight is 264 g/mol. The lowest BCUT2D eigenvalue weighted by Gasteiger charge is -2.13. The second-order valence-corrected chi connectivity index (χ2v) is 4.68. The van der Waals surface area contributed by atoms with Gasteiger partial charge in [0.05, 0.1) is 0 Å². The summed E-state index contributed by atoms with van der Waals surface area (Å²) in [5.74, 6) is -0.192. The van der Waals surface area contributed by atoms with Crippen LogP contribution in [-0.4, -0.2) is 7.05 Å². The lowest BCUT2D eigenvalue weighted by Crippen LogP contribution is -2.06. The van der Waals surface area contributed by atoms with Gasteiger partial charge in [-0.2, -0.15) is 0 Å². The minimum Gasteiger partial charge on any atom is -0.316 e. The Hall–Kier alpha value is -1.38. The zero-order valence-electron chi connectivity index (χ0n) is 10.4. The fraction of sp³-hybridized carbons (Fsp3) is 0.200. The summed E-state index contributed by atoms with van der Waals surface area (Å²) in [6, 6.07) is 10.8. The molecule has 0 aliphatic rings. The highest BCUT2D eigenvalue weighted by Crippen LogP contribution is 2.30. The van der Waals surface area contributed by atoms with Crippen LogP contribution in [0.1, 0.15) is 11.1 Å². The number of hydrogen-bond acceptors (Lipinski definition) is 1.